The van der Waals surface area contributed by atoms with Crippen molar-refractivity contribution in [3.63, 3.8) is 0 Å². The van der Waals surface area contributed by atoms with E-state index in [0.717, 1.165) is 30.9 Å². The van der Waals surface area contributed by atoms with Crippen molar-refractivity contribution in [2.45, 2.75) is 82.2 Å². The number of ether oxygens (including phenoxy) is 1. The van der Waals surface area contributed by atoms with Gasteiger partial charge in [0.1, 0.15) is 23.8 Å². The number of nitrogens with one attached hydrogen (secondary N) is 1. The highest BCUT2D eigenvalue weighted by Crippen LogP contribution is 2.48. The third-order valence-corrected chi connectivity index (χ3v) is 11.0. The maximum Gasteiger partial charge on any atom is 0.418 e. The van der Waals surface area contributed by atoms with Crippen molar-refractivity contribution in [3.05, 3.63) is 52.4 Å². The Hall–Kier alpha value is -3.91. The van der Waals surface area contributed by atoms with Crippen LogP contribution in [0.3, 0.4) is 0 Å². The molecule has 8 nitrogen and oxygen atoms in total. The van der Waals surface area contributed by atoms with Gasteiger partial charge in [0.25, 0.3) is 6.08 Å². The van der Waals surface area contributed by atoms with Crippen molar-refractivity contribution in [1.82, 2.24) is 25.2 Å². The number of nitrogens with zero attached hydrogens (tertiary/aromatic N) is 5. The Kier molecular flexibility index (Phi) is 7.22. The first-order valence-corrected chi connectivity index (χ1v) is 16.3. The molecule has 1 aromatic carbocycles. The van der Waals surface area contributed by atoms with Crippen LogP contribution in [0.2, 0.25) is 0 Å². The Labute approximate surface area is 273 Å². The van der Waals surface area contributed by atoms with E-state index in [9.17, 15) is 22.0 Å². The van der Waals surface area contributed by atoms with Gasteiger partial charge in [0.2, 0.25) is 0 Å². The smallest absolute Gasteiger partial charge is 0.418 e. The van der Waals surface area contributed by atoms with Crippen molar-refractivity contribution in [1.29, 1.82) is 0 Å². The molecular weight excluding hydrogens is 636 g/mol. The summed E-state index contributed by atoms with van der Waals surface area (Å²) < 4.78 is 94.0. The summed E-state index contributed by atoms with van der Waals surface area (Å²) >= 11 is 0. The van der Waals surface area contributed by atoms with E-state index < -0.39 is 34.9 Å². The lowest BCUT2D eigenvalue weighted by Gasteiger charge is -2.41. The third kappa shape index (κ3) is 4.85. The molecule has 4 atom stereocenters. The maximum absolute atomic E-state index is 17.0. The molecule has 48 heavy (non-hydrogen) atoms. The number of aromatic nitrogens is 3. The Bertz CT molecular complexity index is 1910. The molecule has 0 aliphatic carbocycles. The minimum absolute atomic E-state index is 0.00737. The Balaban J connectivity index is 1.34. The SMILES string of the molecule is C/C=C1/C[C@@H]2[C@@H]3CC[C@H](CN2c2nc(OC[C@@]45CCCN4CC(=C(F)F)C5)nc4c(F)c(-c5nc(N)cc(C)c5C(F)(F)F)cc1c24)N3. The van der Waals surface area contributed by atoms with Gasteiger partial charge in [-0.25, -0.2) is 9.37 Å². The first-order chi connectivity index (χ1) is 22.9. The van der Waals surface area contributed by atoms with Gasteiger partial charge < -0.3 is 20.7 Å². The molecule has 3 aromatic rings. The zero-order chi connectivity index (χ0) is 33.7. The highest BCUT2D eigenvalue weighted by molar-refractivity contribution is 6.03. The van der Waals surface area contributed by atoms with Gasteiger partial charge in [0, 0.05) is 42.4 Å². The molecule has 0 spiro atoms. The van der Waals surface area contributed by atoms with Crippen LogP contribution in [0, 0.1) is 12.7 Å². The van der Waals surface area contributed by atoms with Crippen LogP contribution in [0.4, 0.5) is 38.0 Å². The van der Waals surface area contributed by atoms with E-state index in [1.165, 1.54) is 13.0 Å². The number of aryl methyl sites for hydroxylation is 1. The van der Waals surface area contributed by atoms with Crippen molar-refractivity contribution in [2.75, 3.05) is 36.9 Å². The van der Waals surface area contributed by atoms with Gasteiger partial charge in [0.05, 0.1) is 22.2 Å². The summed E-state index contributed by atoms with van der Waals surface area (Å²) in [6.45, 7) is 4.54. The Morgan fingerprint density at radius 2 is 1.98 bits per heavy atom. The number of pyridine rings is 1. The number of hydrogen-bond donors (Lipinski definition) is 2. The molecule has 0 saturated carbocycles. The fraction of sp³-hybridized carbons (Fsp3) is 0.500. The third-order valence-electron chi connectivity index (χ3n) is 11.0. The summed E-state index contributed by atoms with van der Waals surface area (Å²) in [5.41, 5.74) is 4.26. The number of allylic oxidation sites excluding steroid dienone is 1. The number of halogens is 6. The minimum Gasteiger partial charge on any atom is -0.461 e. The van der Waals surface area contributed by atoms with E-state index in [4.69, 9.17) is 15.5 Å². The van der Waals surface area contributed by atoms with Gasteiger partial charge in [-0.05, 0) is 87.7 Å². The van der Waals surface area contributed by atoms with E-state index in [1.807, 2.05) is 17.9 Å². The van der Waals surface area contributed by atoms with Gasteiger partial charge in [-0.1, -0.05) is 6.08 Å². The summed E-state index contributed by atoms with van der Waals surface area (Å²) in [6, 6.07) is 2.66. The molecule has 0 radical (unpaired) electrons. The number of fused-ring (bicyclic) bond motifs is 6. The van der Waals surface area contributed by atoms with Crippen LogP contribution in [0.5, 0.6) is 6.01 Å². The number of nitrogen functional groups attached to an aromatic ring is 1. The molecule has 2 bridgehead atoms. The highest BCUT2D eigenvalue weighted by Gasteiger charge is 2.49. The number of hydrogen-bond acceptors (Lipinski definition) is 8. The monoisotopic (exact) mass is 671 g/mol. The van der Waals surface area contributed by atoms with Crippen LogP contribution in [0.1, 0.15) is 62.1 Å². The quantitative estimate of drug-likeness (QED) is 0.299. The normalized spacial score (nSPS) is 27.5. The molecule has 4 fully saturated rings. The molecule has 3 N–H and O–H groups in total. The molecular formula is C34H35F6N7O. The van der Waals surface area contributed by atoms with Gasteiger partial charge in [0.15, 0.2) is 5.82 Å². The molecule has 2 aromatic heterocycles. The average molecular weight is 672 g/mol. The van der Waals surface area contributed by atoms with Crippen molar-refractivity contribution in [3.8, 4) is 17.3 Å². The average Bonchev–Trinajstić information content (AvgIpc) is 3.69. The molecule has 4 saturated heterocycles. The topological polar surface area (TPSA) is 92.4 Å². The zero-order valence-electron chi connectivity index (χ0n) is 26.5. The van der Waals surface area contributed by atoms with Crippen LogP contribution in [-0.2, 0) is 6.18 Å². The van der Waals surface area contributed by atoms with E-state index in [2.05, 4.69) is 20.2 Å². The molecule has 5 aliphatic heterocycles. The molecule has 8 rings (SSSR count). The number of alkyl halides is 3. The van der Waals surface area contributed by atoms with Crippen LogP contribution < -0.4 is 20.7 Å². The number of benzene rings is 1. The van der Waals surface area contributed by atoms with Crippen molar-refractivity contribution in [2.24, 2.45) is 0 Å². The zero-order valence-corrected chi connectivity index (χ0v) is 26.5. The highest BCUT2D eigenvalue weighted by atomic mass is 19.4. The van der Waals surface area contributed by atoms with E-state index in [0.29, 0.717) is 42.7 Å². The predicted molar refractivity (Wildman–Crippen MR) is 169 cm³/mol. The molecule has 0 unspecified atom stereocenters. The summed E-state index contributed by atoms with van der Waals surface area (Å²) in [5, 5.41) is 4.07. The second kappa shape index (κ2) is 11.1. The molecule has 14 heteroatoms. The number of nitrogens with two attached hydrogens (primary N) is 1. The lowest BCUT2D eigenvalue weighted by molar-refractivity contribution is -0.137. The standard InChI is InChI=1S/C34H35F6N7O/c1-3-17-10-23-22-6-5-19(42-22)14-47(23)31-25-20(17)11-21(28-26(34(38,39)40)16(2)9-24(41)43-28)27(35)29(25)44-32(45-31)48-15-33-7-4-8-46(33)13-18(12-33)30(36)37/h3,9,11,19,22-23,42H,4-8,10,12-15H2,1-2H3,(H2,41,43)/b17-3-/t19-,22+,23-,33+/m1/s1. The lowest BCUT2D eigenvalue weighted by atomic mass is 9.90. The molecule has 7 heterocycles. The van der Waals surface area contributed by atoms with E-state index in [-0.39, 0.29) is 71.7 Å². The second-order valence-electron chi connectivity index (χ2n) is 13.8. The summed E-state index contributed by atoms with van der Waals surface area (Å²) in [5.74, 6) is -0.719. The lowest BCUT2D eigenvalue weighted by Crippen LogP contribution is -2.58. The van der Waals surface area contributed by atoms with Gasteiger partial charge in [-0.3, -0.25) is 4.90 Å². The first-order valence-electron chi connectivity index (χ1n) is 16.3. The fourth-order valence-electron chi connectivity index (χ4n) is 8.85. The summed E-state index contributed by atoms with van der Waals surface area (Å²) in [7, 11) is 0. The van der Waals surface area contributed by atoms with E-state index in [1.54, 1.807) is 0 Å². The molecule has 254 valence electrons. The fourth-order valence-corrected chi connectivity index (χ4v) is 8.85. The van der Waals surface area contributed by atoms with Crippen LogP contribution in [0.25, 0.3) is 27.7 Å². The summed E-state index contributed by atoms with van der Waals surface area (Å²) in [6.07, 6.45) is -0.550. The van der Waals surface area contributed by atoms with Gasteiger partial charge >= 0.3 is 12.2 Å². The van der Waals surface area contributed by atoms with Crippen molar-refractivity contribution >= 4 is 28.1 Å². The summed E-state index contributed by atoms with van der Waals surface area (Å²) in [4.78, 5) is 17.6. The number of anilines is 2. The van der Waals surface area contributed by atoms with Crippen LogP contribution in [0.15, 0.2) is 29.9 Å². The largest absolute Gasteiger partial charge is 0.461 e. The second-order valence-corrected chi connectivity index (χ2v) is 13.8. The molecule has 0 amide bonds. The predicted octanol–water partition coefficient (Wildman–Crippen LogP) is 6.62. The van der Waals surface area contributed by atoms with Crippen LogP contribution >= 0.6 is 0 Å². The Morgan fingerprint density at radius 1 is 1.17 bits per heavy atom. The van der Waals surface area contributed by atoms with Crippen molar-refractivity contribution < 1.29 is 31.1 Å². The van der Waals surface area contributed by atoms with Crippen LogP contribution in [-0.4, -0.2) is 69.8 Å². The maximum atomic E-state index is 17.0. The van der Waals surface area contributed by atoms with Gasteiger partial charge in [-0.15, -0.1) is 0 Å². The number of rotatable bonds is 4. The first kappa shape index (κ1) is 31.4. The van der Waals surface area contributed by atoms with Gasteiger partial charge in [-0.2, -0.15) is 31.9 Å². The Morgan fingerprint density at radius 3 is 2.73 bits per heavy atom. The molecule has 5 aliphatic rings. The minimum atomic E-state index is -4.84. The number of piperazine rings is 1. The van der Waals surface area contributed by atoms with E-state index >= 15 is 4.39 Å².